The first kappa shape index (κ1) is 8.74. The summed E-state index contributed by atoms with van der Waals surface area (Å²) in [6, 6.07) is 3.27. The van der Waals surface area contributed by atoms with Gasteiger partial charge in [0.05, 0.1) is 0 Å². The maximum Gasteiger partial charge on any atom is 0.127 e. The number of phenols is 1. The molecule has 3 heteroatoms. The highest BCUT2D eigenvalue weighted by atomic mass is 19.1. The third-order valence-electron chi connectivity index (χ3n) is 1.54. The van der Waals surface area contributed by atoms with Gasteiger partial charge in [0.25, 0.3) is 0 Å². The van der Waals surface area contributed by atoms with Gasteiger partial charge < -0.3 is 10.8 Å². The number of hydrogen-bond donors (Lipinski definition) is 2. The molecule has 0 amide bonds. The van der Waals surface area contributed by atoms with Gasteiger partial charge >= 0.3 is 0 Å². The Morgan fingerprint density at radius 3 is 2.67 bits per heavy atom. The molecule has 12 heavy (non-hydrogen) atoms. The van der Waals surface area contributed by atoms with Crippen molar-refractivity contribution in [3.63, 3.8) is 0 Å². The van der Waals surface area contributed by atoms with Crippen molar-refractivity contribution in [2.75, 3.05) is 0 Å². The molecule has 1 atom stereocenters. The molecular formula is C9H10FNO. The van der Waals surface area contributed by atoms with Crippen molar-refractivity contribution >= 4 is 0 Å². The number of halogens is 1. The first-order valence-corrected chi connectivity index (χ1v) is 3.51. The number of hydrogen-bond acceptors (Lipinski definition) is 2. The van der Waals surface area contributed by atoms with Gasteiger partial charge in [-0.1, -0.05) is 6.08 Å². The molecule has 0 aliphatic rings. The van der Waals surface area contributed by atoms with E-state index in [2.05, 4.69) is 6.58 Å². The van der Waals surface area contributed by atoms with E-state index >= 15 is 0 Å². The second-order valence-corrected chi connectivity index (χ2v) is 2.50. The Morgan fingerprint density at radius 2 is 2.17 bits per heavy atom. The van der Waals surface area contributed by atoms with E-state index in [0.717, 1.165) is 6.07 Å². The maximum atomic E-state index is 12.7. The second kappa shape index (κ2) is 3.36. The molecule has 0 spiro atoms. The number of aromatic hydroxyl groups is 1. The van der Waals surface area contributed by atoms with Crippen molar-refractivity contribution in [3.8, 4) is 5.75 Å². The SMILES string of the molecule is C=C[C@@H](N)c1cc(O)cc(F)c1. The Kier molecular flexibility index (Phi) is 2.45. The smallest absolute Gasteiger partial charge is 0.127 e. The van der Waals surface area contributed by atoms with Gasteiger partial charge in [0.2, 0.25) is 0 Å². The lowest BCUT2D eigenvalue weighted by Gasteiger charge is -2.06. The van der Waals surface area contributed by atoms with Gasteiger partial charge in [-0.2, -0.15) is 0 Å². The summed E-state index contributed by atoms with van der Waals surface area (Å²) in [7, 11) is 0. The summed E-state index contributed by atoms with van der Waals surface area (Å²) in [6.45, 7) is 3.47. The zero-order valence-electron chi connectivity index (χ0n) is 6.50. The zero-order chi connectivity index (χ0) is 9.14. The number of phenolic OH excluding ortho intramolecular Hbond substituents is 1. The van der Waals surface area contributed by atoms with E-state index in [1.54, 1.807) is 0 Å². The molecule has 3 N–H and O–H groups in total. The molecule has 1 aromatic carbocycles. The molecule has 0 saturated carbocycles. The molecule has 64 valence electrons. The fourth-order valence-corrected chi connectivity index (χ4v) is 0.925. The lowest BCUT2D eigenvalue weighted by Crippen LogP contribution is -2.06. The van der Waals surface area contributed by atoms with Crippen LogP contribution in [0, 0.1) is 5.82 Å². The molecule has 1 rings (SSSR count). The van der Waals surface area contributed by atoms with E-state index in [-0.39, 0.29) is 5.75 Å². The second-order valence-electron chi connectivity index (χ2n) is 2.50. The number of nitrogens with two attached hydrogens (primary N) is 1. The fraction of sp³-hybridized carbons (Fsp3) is 0.111. The lowest BCUT2D eigenvalue weighted by molar-refractivity contribution is 0.467. The van der Waals surface area contributed by atoms with Crippen LogP contribution in [0.1, 0.15) is 11.6 Å². The molecule has 0 saturated heterocycles. The summed E-state index contributed by atoms with van der Waals surface area (Å²) in [5.41, 5.74) is 6.05. The van der Waals surface area contributed by atoms with Crippen molar-refractivity contribution in [2.24, 2.45) is 5.73 Å². The van der Waals surface area contributed by atoms with E-state index in [0.29, 0.717) is 5.56 Å². The maximum absolute atomic E-state index is 12.7. The largest absolute Gasteiger partial charge is 0.508 e. The molecule has 0 radical (unpaired) electrons. The van der Waals surface area contributed by atoms with Crippen LogP contribution in [0.15, 0.2) is 30.9 Å². The highest BCUT2D eigenvalue weighted by Gasteiger charge is 2.04. The van der Waals surface area contributed by atoms with Crippen LogP contribution in [-0.2, 0) is 0 Å². The van der Waals surface area contributed by atoms with Gasteiger partial charge in [-0.15, -0.1) is 6.58 Å². The monoisotopic (exact) mass is 167 g/mol. The van der Waals surface area contributed by atoms with Gasteiger partial charge in [-0.05, 0) is 17.7 Å². The summed E-state index contributed by atoms with van der Waals surface area (Å²) in [6.07, 6.45) is 1.48. The van der Waals surface area contributed by atoms with Crippen LogP contribution in [0.2, 0.25) is 0 Å². The lowest BCUT2D eigenvalue weighted by atomic mass is 10.1. The average molecular weight is 167 g/mol. The standard InChI is InChI=1S/C9H10FNO/c1-2-9(11)6-3-7(10)5-8(12)4-6/h2-5,9,12H,1,11H2/t9-/m1/s1. The summed E-state index contributed by atoms with van der Waals surface area (Å²) >= 11 is 0. The van der Waals surface area contributed by atoms with E-state index in [9.17, 15) is 4.39 Å². The Morgan fingerprint density at radius 1 is 1.50 bits per heavy atom. The highest BCUT2D eigenvalue weighted by Crippen LogP contribution is 2.19. The Labute approximate surface area is 70.1 Å². The van der Waals surface area contributed by atoms with Crippen molar-refractivity contribution in [2.45, 2.75) is 6.04 Å². The topological polar surface area (TPSA) is 46.2 Å². The molecular weight excluding hydrogens is 157 g/mol. The third-order valence-corrected chi connectivity index (χ3v) is 1.54. The van der Waals surface area contributed by atoms with Gasteiger partial charge in [-0.3, -0.25) is 0 Å². The van der Waals surface area contributed by atoms with Gasteiger partial charge in [0, 0.05) is 12.1 Å². The molecule has 0 aromatic heterocycles. The minimum absolute atomic E-state index is 0.123. The molecule has 0 bridgehead atoms. The predicted octanol–water partition coefficient (Wildman–Crippen LogP) is 1.72. The van der Waals surface area contributed by atoms with Crippen molar-refractivity contribution in [1.82, 2.24) is 0 Å². The minimum atomic E-state index is -0.498. The molecule has 0 fully saturated rings. The first-order chi connectivity index (χ1) is 5.63. The van der Waals surface area contributed by atoms with Crippen LogP contribution in [0.3, 0.4) is 0 Å². The third kappa shape index (κ3) is 1.83. The van der Waals surface area contributed by atoms with Crippen LogP contribution in [0.4, 0.5) is 4.39 Å². The highest BCUT2D eigenvalue weighted by molar-refractivity contribution is 5.31. The van der Waals surface area contributed by atoms with Gasteiger partial charge in [-0.25, -0.2) is 4.39 Å². The summed E-state index contributed by atoms with van der Waals surface area (Å²) in [5.74, 6) is -0.621. The van der Waals surface area contributed by atoms with Crippen LogP contribution in [-0.4, -0.2) is 5.11 Å². The number of rotatable bonds is 2. The molecule has 0 unspecified atom stereocenters. The van der Waals surface area contributed by atoms with Crippen LogP contribution in [0.25, 0.3) is 0 Å². The summed E-state index contributed by atoms with van der Waals surface area (Å²) in [5, 5.41) is 9.01. The van der Waals surface area contributed by atoms with E-state index < -0.39 is 11.9 Å². The van der Waals surface area contributed by atoms with Crippen molar-refractivity contribution < 1.29 is 9.50 Å². The van der Waals surface area contributed by atoms with Gasteiger partial charge in [0.15, 0.2) is 0 Å². The molecule has 2 nitrogen and oxygen atoms in total. The van der Waals surface area contributed by atoms with Crippen LogP contribution < -0.4 is 5.73 Å². The molecule has 0 heterocycles. The van der Waals surface area contributed by atoms with Crippen molar-refractivity contribution in [1.29, 1.82) is 0 Å². The molecule has 0 aliphatic carbocycles. The van der Waals surface area contributed by atoms with Gasteiger partial charge in [0.1, 0.15) is 11.6 Å². The zero-order valence-corrected chi connectivity index (χ0v) is 6.50. The molecule has 0 aliphatic heterocycles. The number of benzene rings is 1. The first-order valence-electron chi connectivity index (χ1n) is 3.51. The van der Waals surface area contributed by atoms with E-state index in [4.69, 9.17) is 10.8 Å². The Hall–Kier alpha value is -1.35. The van der Waals surface area contributed by atoms with Crippen molar-refractivity contribution in [3.05, 3.63) is 42.2 Å². The van der Waals surface area contributed by atoms with Crippen LogP contribution in [0.5, 0.6) is 5.75 Å². The van der Waals surface area contributed by atoms with E-state index in [1.165, 1.54) is 18.2 Å². The summed E-state index contributed by atoms with van der Waals surface area (Å²) in [4.78, 5) is 0. The normalized spacial score (nSPS) is 12.5. The average Bonchev–Trinajstić information content (AvgIpc) is 2.01. The minimum Gasteiger partial charge on any atom is -0.508 e. The Bertz CT molecular complexity index is 278. The summed E-state index contributed by atoms with van der Waals surface area (Å²) < 4.78 is 12.7. The fourth-order valence-electron chi connectivity index (χ4n) is 0.925. The Balaban J connectivity index is 3.08. The van der Waals surface area contributed by atoms with Crippen LogP contribution >= 0.6 is 0 Å². The quantitative estimate of drug-likeness (QED) is 0.659. The molecule has 1 aromatic rings. The predicted molar refractivity (Wildman–Crippen MR) is 45.2 cm³/mol. The van der Waals surface area contributed by atoms with E-state index in [1.807, 2.05) is 0 Å².